The van der Waals surface area contributed by atoms with Crippen molar-refractivity contribution in [1.29, 1.82) is 0 Å². The molecule has 1 unspecified atom stereocenters. The maximum Gasteiger partial charge on any atom is 0.159 e. The van der Waals surface area contributed by atoms with Crippen molar-refractivity contribution in [3.63, 3.8) is 0 Å². The lowest BCUT2D eigenvalue weighted by atomic mass is 9.77. The largest absolute Gasteiger partial charge is 0.453 e. The fourth-order valence-corrected chi connectivity index (χ4v) is 26.2. The summed E-state index contributed by atoms with van der Waals surface area (Å²) < 4.78 is 20.5. The molecular formula is C138H119N7O. The van der Waals surface area contributed by atoms with Crippen LogP contribution in [-0.2, 0) is 32.5 Å². The van der Waals surface area contributed by atoms with Gasteiger partial charge in [-0.25, -0.2) is 0 Å². The Morgan fingerprint density at radius 3 is 0.986 bits per heavy atom. The molecule has 11 heterocycles. The van der Waals surface area contributed by atoms with Gasteiger partial charge in [0.05, 0.1) is 88.4 Å². The lowest BCUT2D eigenvalue weighted by molar-refractivity contribution is 0.440. The summed E-state index contributed by atoms with van der Waals surface area (Å²) in [4.78, 5) is 5.03. The van der Waals surface area contributed by atoms with E-state index in [0.29, 0.717) is 5.92 Å². The van der Waals surface area contributed by atoms with E-state index < -0.39 is 0 Å². The van der Waals surface area contributed by atoms with Gasteiger partial charge in [0.25, 0.3) is 0 Å². The van der Waals surface area contributed by atoms with Gasteiger partial charge >= 0.3 is 0 Å². The van der Waals surface area contributed by atoms with E-state index in [0.717, 1.165) is 80.0 Å². The Morgan fingerprint density at radius 1 is 0.226 bits per heavy atom. The molecule has 1 atom stereocenters. The van der Waals surface area contributed by atoms with Gasteiger partial charge in [0.15, 0.2) is 5.58 Å². The summed E-state index contributed by atoms with van der Waals surface area (Å²) in [7, 11) is 0. The first-order valence-corrected chi connectivity index (χ1v) is 52.9. The lowest BCUT2D eigenvalue weighted by Gasteiger charge is -2.28. The van der Waals surface area contributed by atoms with Gasteiger partial charge in [0.1, 0.15) is 5.58 Å². The average Bonchev–Trinajstić information content (AvgIpc) is 1.50. The van der Waals surface area contributed by atoms with Crippen LogP contribution in [0.5, 0.6) is 0 Å². The van der Waals surface area contributed by atoms with Crippen LogP contribution in [0.3, 0.4) is 0 Å². The molecule has 146 heavy (non-hydrogen) atoms. The van der Waals surface area contributed by atoms with Crippen molar-refractivity contribution in [3.05, 3.63) is 366 Å². The van der Waals surface area contributed by atoms with Crippen LogP contribution in [-0.4, -0.2) is 22.0 Å². The highest BCUT2D eigenvalue weighted by Crippen LogP contribution is 2.56. The molecular weight excluding hydrogens is 1770 g/mol. The third-order valence-corrected chi connectivity index (χ3v) is 34.4. The SMILES string of the molecule is CC(C)c1ccc(N(c2cc3c4ccccc4n4c5ccccc5c(c2)c34)c2ccc3c4cc(C(C)(C)CCC(C)c5ccc(N(c6ccc7c8cc(C(C)(C)C)cc9c%10cc%11c(cc%10n(c7c6)c89)c6cc(C(C)(C)C)cc7c8cc(C(C)(C)C)ccc8n%11c76)c6cccc7c6oc6c(-c8ccccc8)cccc67)cc5)cc5c6cc7c(cc6n(c3c2)c45)c2cc(C(C)(C)C)cc3c4cc(C(C)(C)C)ccc4n7c32)cc1. The molecule has 29 aromatic rings. The minimum Gasteiger partial charge on any atom is -0.453 e. The monoisotopic (exact) mass is 1890 g/mol. The molecule has 8 heteroatoms. The van der Waals surface area contributed by atoms with E-state index in [-0.39, 0.29) is 38.4 Å². The highest BCUT2D eigenvalue weighted by atomic mass is 16.3. The fourth-order valence-electron chi connectivity index (χ4n) is 26.2. The number of hydrogen-bond donors (Lipinski definition) is 0. The zero-order chi connectivity index (χ0) is 99.5. The van der Waals surface area contributed by atoms with E-state index in [4.69, 9.17) is 4.42 Å². The maximum absolute atomic E-state index is 7.48. The van der Waals surface area contributed by atoms with Crippen molar-refractivity contribution < 1.29 is 4.42 Å². The molecule has 29 rings (SSSR count). The molecule has 0 N–H and O–H groups in total. The van der Waals surface area contributed by atoms with Gasteiger partial charge in [-0.1, -0.05) is 284 Å². The summed E-state index contributed by atoms with van der Waals surface area (Å²) in [6, 6.07) is 126. The van der Waals surface area contributed by atoms with Gasteiger partial charge in [0, 0.05) is 152 Å². The normalized spacial score (nSPS) is 13.7. The zero-order valence-corrected chi connectivity index (χ0v) is 87.2. The zero-order valence-electron chi connectivity index (χ0n) is 87.2. The molecule has 0 aliphatic rings. The van der Waals surface area contributed by atoms with Crippen LogP contribution in [0.1, 0.15) is 208 Å². The second kappa shape index (κ2) is 29.6. The molecule has 0 bridgehead atoms. The van der Waals surface area contributed by atoms with Gasteiger partial charge in [-0.2, -0.15) is 0 Å². The quantitative estimate of drug-likeness (QED) is 0.116. The third-order valence-electron chi connectivity index (χ3n) is 34.4. The highest BCUT2D eigenvalue weighted by molar-refractivity contribution is 6.33. The van der Waals surface area contributed by atoms with Crippen LogP contribution in [0, 0.1) is 0 Å². The Morgan fingerprint density at radius 2 is 0.548 bits per heavy atom. The topological polar surface area (TPSA) is 41.7 Å². The number of fused-ring (bicyclic) bond motifs is 33. The first kappa shape index (κ1) is 87.0. The molecule has 0 amide bonds. The van der Waals surface area contributed by atoms with E-state index in [1.165, 1.54) is 235 Å². The van der Waals surface area contributed by atoms with Crippen LogP contribution < -0.4 is 9.80 Å². The molecule has 11 aromatic heterocycles. The number of hydrogen-bond acceptors (Lipinski definition) is 3. The summed E-state index contributed by atoms with van der Waals surface area (Å²) in [6.45, 7) is 47.5. The van der Waals surface area contributed by atoms with E-state index in [1.54, 1.807) is 0 Å². The van der Waals surface area contributed by atoms with Gasteiger partial charge in [-0.15, -0.1) is 0 Å². The standard InChI is InChI=1S/C138H119N7O/c1-76(2)78-40-46-87(47-41-78)139(91-68-113-93-32-24-26-37-115(93)141-116-38-27-25-33-94(116)114(69-91)130(113)141)89-50-52-96-106-66-86(67-112-104-73-123-102(75-125(104)144(127(106)112)120(96)70-89)111-65-85(137(16,17)18)62-108-100-59-82(134(7,8)9)45-55-118(100)143(123)129(108)111)138(19,20)57-56-77(3)79-42-48-88(49-43-79)140(119-39-29-36-98-97-35-28-34-92(131(97)146-132(98)119)80-30-22-21-23-31-80)90-51-53-95-105-60-83(135(10,11)12)63-109-103-72-122-101(74-124(103)145(126(105)109)121(95)71-90)110-64-84(136(13,14)15)61-107-99-58-81(133(4,5)6)44-54-117(99)142(122)128(107)110/h21-55,58-77H,56-57H2,1-20H3. The van der Waals surface area contributed by atoms with E-state index in [9.17, 15) is 0 Å². The van der Waals surface area contributed by atoms with Crippen molar-refractivity contribution in [3.8, 4) is 11.1 Å². The van der Waals surface area contributed by atoms with Crippen LogP contribution in [0.2, 0.25) is 0 Å². The number of nitrogens with zero attached hydrogens (tertiary/aromatic N) is 7. The summed E-state index contributed by atoms with van der Waals surface area (Å²) in [5.74, 6) is 0.596. The van der Waals surface area contributed by atoms with E-state index in [1.807, 2.05) is 0 Å². The number of anilines is 6. The molecule has 712 valence electrons. The van der Waals surface area contributed by atoms with Crippen molar-refractivity contribution in [2.45, 2.75) is 196 Å². The summed E-state index contributed by atoms with van der Waals surface area (Å²) in [5.41, 5.74) is 39.2. The van der Waals surface area contributed by atoms with Crippen molar-refractivity contribution in [2.75, 3.05) is 9.80 Å². The van der Waals surface area contributed by atoms with Crippen LogP contribution in [0.15, 0.2) is 326 Å². The number of furan rings is 1. The maximum atomic E-state index is 7.48. The molecule has 0 radical (unpaired) electrons. The minimum atomic E-state index is -0.261. The Bertz CT molecular complexity index is 10500. The van der Waals surface area contributed by atoms with Gasteiger partial charge in [0.2, 0.25) is 0 Å². The van der Waals surface area contributed by atoms with Crippen LogP contribution in [0.4, 0.5) is 34.1 Å². The fraction of sp³-hybridized carbons (Fsp3) is 0.217. The Kier molecular flexibility index (Phi) is 17.6. The molecule has 0 fully saturated rings. The minimum absolute atomic E-state index is 0.00144. The summed E-state index contributed by atoms with van der Waals surface area (Å²) in [5, 5.41) is 27.8. The number of aromatic nitrogens is 5. The number of para-hydroxylation sites is 4. The second-order valence-corrected chi connectivity index (χ2v) is 49.3. The molecule has 0 saturated carbocycles. The Balaban J connectivity index is 0.587. The van der Waals surface area contributed by atoms with Crippen molar-refractivity contribution in [1.82, 2.24) is 22.0 Å². The number of benzene rings is 18. The van der Waals surface area contributed by atoms with Gasteiger partial charge in [-0.3, -0.25) is 0 Å². The summed E-state index contributed by atoms with van der Waals surface area (Å²) >= 11 is 0. The first-order chi connectivity index (χ1) is 70.0. The Hall–Kier alpha value is -15.6. The molecule has 8 nitrogen and oxygen atoms in total. The summed E-state index contributed by atoms with van der Waals surface area (Å²) in [6.07, 6.45) is 1.92. The smallest absolute Gasteiger partial charge is 0.159 e. The lowest BCUT2D eigenvalue weighted by Crippen LogP contribution is -2.18. The highest BCUT2D eigenvalue weighted by Gasteiger charge is 2.36. The molecule has 0 aliphatic heterocycles. The molecule has 18 aromatic carbocycles. The predicted octanol–water partition coefficient (Wildman–Crippen LogP) is 39.4. The van der Waals surface area contributed by atoms with Gasteiger partial charge in [-0.05, 0) is 283 Å². The van der Waals surface area contributed by atoms with E-state index in [2.05, 4.69) is 492 Å². The predicted molar refractivity (Wildman–Crippen MR) is 627 cm³/mol. The Labute approximate surface area is 849 Å². The molecule has 0 spiro atoms. The van der Waals surface area contributed by atoms with Gasteiger partial charge < -0.3 is 36.2 Å². The van der Waals surface area contributed by atoms with Crippen LogP contribution in [0.25, 0.3) is 224 Å². The third kappa shape index (κ3) is 12.2. The molecule has 0 saturated heterocycles. The average molecular weight is 1890 g/mol. The number of rotatable bonds is 13. The second-order valence-electron chi connectivity index (χ2n) is 49.3. The van der Waals surface area contributed by atoms with Crippen molar-refractivity contribution in [2.24, 2.45) is 0 Å². The van der Waals surface area contributed by atoms with Crippen molar-refractivity contribution >= 4 is 247 Å². The van der Waals surface area contributed by atoms with Crippen LogP contribution >= 0.6 is 0 Å². The van der Waals surface area contributed by atoms with E-state index >= 15 is 0 Å². The first-order valence-electron chi connectivity index (χ1n) is 52.9. The molecule has 0 aliphatic carbocycles.